The third-order valence-corrected chi connectivity index (χ3v) is 2.86. The number of aryl methyl sites for hydroxylation is 1. The van der Waals surface area contributed by atoms with E-state index in [0.29, 0.717) is 17.8 Å². The SMILES string of the molecule is CNCC(C)C(=O)Nc1ccc(C(=O)OC)c(C)c1.Cl. The van der Waals surface area contributed by atoms with E-state index >= 15 is 0 Å². The molecule has 0 saturated carbocycles. The number of carbonyl (C=O) groups excluding carboxylic acids is 2. The Balaban J connectivity index is 0.00000361. The maximum Gasteiger partial charge on any atom is 0.338 e. The molecule has 1 aromatic carbocycles. The number of nitrogens with one attached hydrogen (secondary N) is 2. The zero-order valence-corrected chi connectivity index (χ0v) is 13.0. The van der Waals surface area contributed by atoms with Gasteiger partial charge in [-0.3, -0.25) is 4.79 Å². The van der Waals surface area contributed by atoms with Crippen LogP contribution in [0.25, 0.3) is 0 Å². The first kappa shape index (κ1) is 18.4. The molecule has 1 atom stereocenters. The van der Waals surface area contributed by atoms with Crippen molar-refractivity contribution in [1.29, 1.82) is 0 Å². The largest absolute Gasteiger partial charge is 0.465 e. The van der Waals surface area contributed by atoms with Crippen LogP contribution in [0, 0.1) is 12.8 Å². The van der Waals surface area contributed by atoms with Crippen LogP contribution < -0.4 is 10.6 Å². The molecule has 0 radical (unpaired) electrons. The number of anilines is 1. The predicted octanol–water partition coefficient (Wildman–Crippen LogP) is 2.00. The quantitative estimate of drug-likeness (QED) is 0.816. The first-order valence-electron chi connectivity index (χ1n) is 6.14. The summed E-state index contributed by atoms with van der Waals surface area (Å²) in [6, 6.07) is 5.11. The first-order valence-corrected chi connectivity index (χ1v) is 6.14. The lowest BCUT2D eigenvalue weighted by Crippen LogP contribution is -2.28. The van der Waals surface area contributed by atoms with Crippen molar-refractivity contribution in [2.45, 2.75) is 13.8 Å². The van der Waals surface area contributed by atoms with Crippen molar-refractivity contribution in [3.05, 3.63) is 29.3 Å². The molecule has 1 aromatic rings. The number of benzene rings is 1. The van der Waals surface area contributed by atoms with Gasteiger partial charge in [-0.15, -0.1) is 12.4 Å². The Morgan fingerprint density at radius 1 is 1.35 bits per heavy atom. The molecule has 1 amide bonds. The van der Waals surface area contributed by atoms with Crippen LogP contribution in [0.2, 0.25) is 0 Å². The summed E-state index contributed by atoms with van der Waals surface area (Å²) in [7, 11) is 3.15. The van der Waals surface area contributed by atoms with Crippen LogP contribution in [0.3, 0.4) is 0 Å². The summed E-state index contributed by atoms with van der Waals surface area (Å²) in [4.78, 5) is 23.3. The van der Waals surface area contributed by atoms with Gasteiger partial charge in [0.15, 0.2) is 0 Å². The summed E-state index contributed by atoms with van der Waals surface area (Å²) in [6.07, 6.45) is 0. The van der Waals surface area contributed by atoms with Crippen molar-refractivity contribution >= 4 is 30.0 Å². The zero-order valence-electron chi connectivity index (χ0n) is 12.1. The van der Waals surface area contributed by atoms with Crippen LogP contribution in [-0.4, -0.2) is 32.6 Å². The Hall–Kier alpha value is -1.59. The lowest BCUT2D eigenvalue weighted by Gasteiger charge is -2.12. The monoisotopic (exact) mass is 300 g/mol. The van der Waals surface area contributed by atoms with Gasteiger partial charge in [-0.2, -0.15) is 0 Å². The minimum absolute atomic E-state index is 0. The molecule has 0 spiro atoms. The number of methoxy groups -OCH3 is 1. The van der Waals surface area contributed by atoms with Crippen molar-refractivity contribution in [2.24, 2.45) is 5.92 Å². The minimum Gasteiger partial charge on any atom is -0.465 e. The van der Waals surface area contributed by atoms with E-state index in [1.54, 1.807) is 32.2 Å². The number of halogens is 1. The third kappa shape index (κ3) is 4.83. The summed E-state index contributed by atoms with van der Waals surface area (Å²) in [5.74, 6) is -0.552. The van der Waals surface area contributed by atoms with Crippen molar-refractivity contribution in [3.63, 3.8) is 0 Å². The van der Waals surface area contributed by atoms with Crippen molar-refractivity contribution in [2.75, 3.05) is 26.0 Å². The second-order valence-corrected chi connectivity index (χ2v) is 4.47. The van der Waals surface area contributed by atoms with Crippen LogP contribution in [0.4, 0.5) is 5.69 Å². The molecule has 0 aliphatic carbocycles. The number of hydrogen-bond acceptors (Lipinski definition) is 4. The van der Waals surface area contributed by atoms with E-state index in [9.17, 15) is 9.59 Å². The molecule has 112 valence electrons. The Labute approximate surface area is 125 Å². The highest BCUT2D eigenvalue weighted by molar-refractivity contribution is 5.95. The van der Waals surface area contributed by atoms with E-state index in [1.165, 1.54) is 7.11 Å². The molecule has 6 heteroatoms. The molecule has 0 fully saturated rings. The van der Waals surface area contributed by atoms with E-state index in [0.717, 1.165) is 5.56 Å². The Bertz CT molecular complexity index is 477. The average molecular weight is 301 g/mol. The van der Waals surface area contributed by atoms with Gasteiger partial charge in [0.25, 0.3) is 0 Å². The molecule has 0 aliphatic heterocycles. The van der Waals surface area contributed by atoms with Crippen LogP contribution in [-0.2, 0) is 9.53 Å². The highest BCUT2D eigenvalue weighted by Crippen LogP contribution is 2.16. The maximum absolute atomic E-state index is 11.8. The van der Waals surface area contributed by atoms with Crippen LogP contribution in [0.15, 0.2) is 18.2 Å². The number of esters is 1. The van der Waals surface area contributed by atoms with Gasteiger partial charge in [0.1, 0.15) is 0 Å². The van der Waals surface area contributed by atoms with Crippen LogP contribution in [0.1, 0.15) is 22.8 Å². The topological polar surface area (TPSA) is 67.4 Å². The summed E-state index contributed by atoms with van der Waals surface area (Å²) >= 11 is 0. The fourth-order valence-corrected chi connectivity index (χ4v) is 1.74. The number of ether oxygens (including phenoxy) is 1. The number of hydrogen-bond donors (Lipinski definition) is 2. The molecule has 0 heterocycles. The molecule has 5 nitrogen and oxygen atoms in total. The highest BCUT2D eigenvalue weighted by atomic mass is 35.5. The second kappa shape index (κ2) is 8.55. The van der Waals surface area contributed by atoms with Gasteiger partial charge in [0.2, 0.25) is 5.91 Å². The Kier molecular flexibility index (Phi) is 7.87. The molecule has 1 rings (SSSR count). The lowest BCUT2D eigenvalue weighted by molar-refractivity contribution is -0.119. The molecule has 2 N–H and O–H groups in total. The molecule has 0 bridgehead atoms. The number of amides is 1. The predicted molar refractivity (Wildman–Crippen MR) is 81.5 cm³/mol. The third-order valence-electron chi connectivity index (χ3n) is 2.86. The molecule has 0 aromatic heterocycles. The molecular formula is C14H21ClN2O3. The normalized spacial score (nSPS) is 11.2. The Morgan fingerprint density at radius 2 is 2.00 bits per heavy atom. The maximum atomic E-state index is 11.8. The van der Waals surface area contributed by atoms with E-state index in [-0.39, 0.29) is 30.2 Å². The second-order valence-electron chi connectivity index (χ2n) is 4.47. The Morgan fingerprint density at radius 3 is 2.50 bits per heavy atom. The summed E-state index contributed by atoms with van der Waals surface area (Å²) in [6.45, 7) is 4.27. The highest BCUT2D eigenvalue weighted by Gasteiger charge is 2.13. The van der Waals surface area contributed by atoms with Crippen LogP contribution >= 0.6 is 12.4 Å². The molecule has 0 aliphatic rings. The molecule has 1 unspecified atom stereocenters. The zero-order chi connectivity index (χ0) is 14.4. The van der Waals surface area contributed by atoms with Crippen molar-refractivity contribution in [3.8, 4) is 0 Å². The van der Waals surface area contributed by atoms with Gasteiger partial charge >= 0.3 is 5.97 Å². The smallest absolute Gasteiger partial charge is 0.338 e. The standard InChI is InChI=1S/C14H20N2O3.ClH/c1-9-7-11(5-6-12(9)14(18)19-4)16-13(17)10(2)8-15-3;/h5-7,10,15H,8H2,1-4H3,(H,16,17);1H. The lowest BCUT2D eigenvalue weighted by atomic mass is 10.1. The van der Waals surface area contributed by atoms with Gasteiger partial charge in [-0.25, -0.2) is 4.79 Å². The fourth-order valence-electron chi connectivity index (χ4n) is 1.74. The summed E-state index contributed by atoms with van der Waals surface area (Å²) in [5, 5.41) is 5.78. The van der Waals surface area contributed by atoms with Crippen LogP contribution in [0.5, 0.6) is 0 Å². The van der Waals surface area contributed by atoms with E-state index in [1.807, 2.05) is 6.92 Å². The summed E-state index contributed by atoms with van der Waals surface area (Å²) < 4.78 is 4.67. The van der Waals surface area contributed by atoms with Crippen molar-refractivity contribution < 1.29 is 14.3 Å². The van der Waals surface area contributed by atoms with Gasteiger partial charge in [0.05, 0.1) is 12.7 Å². The van der Waals surface area contributed by atoms with Gasteiger partial charge in [-0.1, -0.05) is 6.92 Å². The molecule has 0 saturated heterocycles. The number of rotatable bonds is 5. The fraction of sp³-hybridized carbons (Fsp3) is 0.429. The number of carbonyl (C=O) groups is 2. The van der Waals surface area contributed by atoms with Crippen molar-refractivity contribution in [1.82, 2.24) is 5.32 Å². The van der Waals surface area contributed by atoms with Gasteiger partial charge in [-0.05, 0) is 37.7 Å². The van der Waals surface area contributed by atoms with E-state index < -0.39 is 0 Å². The van der Waals surface area contributed by atoms with E-state index in [2.05, 4.69) is 15.4 Å². The first-order chi connectivity index (χ1) is 8.99. The van der Waals surface area contributed by atoms with Gasteiger partial charge in [0, 0.05) is 18.2 Å². The minimum atomic E-state index is -0.376. The van der Waals surface area contributed by atoms with Gasteiger partial charge < -0.3 is 15.4 Å². The molecular weight excluding hydrogens is 280 g/mol. The molecule has 20 heavy (non-hydrogen) atoms. The van der Waals surface area contributed by atoms with E-state index in [4.69, 9.17) is 0 Å². The summed E-state index contributed by atoms with van der Waals surface area (Å²) in [5.41, 5.74) is 1.95. The average Bonchev–Trinajstić information content (AvgIpc) is 2.38.